The van der Waals surface area contributed by atoms with Gasteiger partial charge in [-0.25, -0.2) is 0 Å². The molecule has 0 saturated carbocycles. The lowest BCUT2D eigenvalue weighted by Gasteiger charge is -2.22. The molecule has 2 N–H and O–H groups in total. The Morgan fingerprint density at radius 1 is 1.39 bits per heavy atom. The molecule has 2 rings (SSSR count). The average Bonchev–Trinajstić information content (AvgIpc) is 2.95. The Hall–Kier alpha value is -1.46. The Morgan fingerprint density at radius 3 is 2.78 bits per heavy atom. The molecule has 4 nitrogen and oxygen atoms in total. The van der Waals surface area contributed by atoms with E-state index in [4.69, 9.17) is 11.6 Å². The van der Waals surface area contributed by atoms with Crippen LogP contribution in [0.1, 0.15) is 25.8 Å². The first kappa shape index (κ1) is 17.9. The summed E-state index contributed by atoms with van der Waals surface area (Å²) in [4.78, 5) is 27.5. The lowest BCUT2D eigenvalue weighted by atomic mass is 10.00. The Labute approximate surface area is 145 Å². The summed E-state index contributed by atoms with van der Waals surface area (Å²) in [5.41, 5.74) is 1.74. The van der Waals surface area contributed by atoms with Gasteiger partial charge in [-0.05, 0) is 29.9 Å². The van der Waals surface area contributed by atoms with Crippen molar-refractivity contribution >= 4 is 45.3 Å². The van der Waals surface area contributed by atoms with Gasteiger partial charge >= 0.3 is 0 Å². The van der Waals surface area contributed by atoms with Crippen LogP contribution in [-0.4, -0.2) is 28.3 Å². The monoisotopic (exact) mass is 352 g/mol. The first-order valence-corrected chi connectivity index (χ1v) is 9.19. The van der Waals surface area contributed by atoms with Crippen LogP contribution < -0.4 is 5.32 Å². The van der Waals surface area contributed by atoms with Gasteiger partial charge in [0.2, 0.25) is 11.0 Å². The zero-order chi connectivity index (χ0) is 17.0. The van der Waals surface area contributed by atoms with E-state index < -0.39 is 6.04 Å². The van der Waals surface area contributed by atoms with Gasteiger partial charge in [0.05, 0.1) is 11.4 Å². The second-order valence-electron chi connectivity index (χ2n) is 5.61. The van der Waals surface area contributed by atoms with E-state index in [1.54, 1.807) is 18.5 Å². The second kappa shape index (κ2) is 7.88. The topological polar surface area (TPSA) is 62.0 Å². The maximum absolute atomic E-state index is 12.4. The molecule has 1 aromatic heterocycles. The molecule has 1 aromatic carbocycles. The van der Waals surface area contributed by atoms with Crippen molar-refractivity contribution in [2.75, 3.05) is 6.26 Å². The maximum atomic E-state index is 12.4. The third-order valence-electron chi connectivity index (χ3n) is 4.07. The molecule has 23 heavy (non-hydrogen) atoms. The van der Waals surface area contributed by atoms with Crippen LogP contribution in [0.25, 0.3) is 10.9 Å². The minimum absolute atomic E-state index is 0.00957. The lowest BCUT2D eigenvalue weighted by molar-refractivity contribution is -0.125. The third kappa shape index (κ3) is 4.09. The highest BCUT2D eigenvalue weighted by molar-refractivity contribution is 8.13. The molecule has 0 spiro atoms. The van der Waals surface area contributed by atoms with Gasteiger partial charge in [0.25, 0.3) is 0 Å². The molecule has 0 unspecified atom stereocenters. The number of aromatic nitrogens is 1. The number of fused-ring (bicyclic) bond motifs is 1. The molecule has 2 aromatic rings. The zero-order valence-electron chi connectivity index (χ0n) is 13.5. The lowest BCUT2D eigenvalue weighted by Crippen LogP contribution is -2.44. The molecule has 1 amide bonds. The molecule has 1 heterocycles. The molecule has 0 fully saturated rings. The highest BCUT2D eigenvalue weighted by atomic mass is 35.5. The molecule has 0 aliphatic heterocycles. The van der Waals surface area contributed by atoms with Gasteiger partial charge in [-0.1, -0.05) is 49.7 Å². The number of carbonyl (C=O) groups is 2. The Bertz CT molecular complexity index is 714. The quantitative estimate of drug-likeness (QED) is 0.831. The van der Waals surface area contributed by atoms with Gasteiger partial charge in [0.15, 0.2) is 0 Å². The summed E-state index contributed by atoms with van der Waals surface area (Å²) in [6.45, 7) is 3.98. The molecule has 124 valence electrons. The molecule has 0 aliphatic rings. The minimum atomic E-state index is -0.455. The van der Waals surface area contributed by atoms with Crippen LogP contribution in [0.3, 0.4) is 0 Å². The van der Waals surface area contributed by atoms with Crippen LogP contribution in [0.2, 0.25) is 5.02 Å². The van der Waals surface area contributed by atoms with E-state index in [0.717, 1.165) is 34.6 Å². The number of H-pyrrole nitrogens is 1. The van der Waals surface area contributed by atoms with Crippen molar-refractivity contribution in [2.45, 2.75) is 32.7 Å². The summed E-state index contributed by atoms with van der Waals surface area (Å²) in [6.07, 6.45) is 4.56. The molecule has 6 heteroatoms. The van der Waals surface area contributed by atoms with Gasteiger partial charge in [-0.2, -0.15) is 0 Å². The normalized spacial score (nSPS) is 13.7. The van der Waals surface area contributed by atoms with E-state index in [1.165, 1.54) is 0 Å². The Morgan fingerprint density at radius 2 is 2.13 bits per heavy atom. The number of thioether (sulfide) groups is 1. The summed E-state index contributed by atoms with van der Waals surface area (Å²) in [6, 6.07) is 5.13. The molecule has 0 bridgehead atoms. The summed E-state index contributed by atoms with van der Waals surface area (Å²) in [7, 11) is 0. The number of hydrogen-bond acceptors (Lipinski definition) is 3. The summed E-state index contributed by atoms with van der Waals surface area (Å²) in [5, 5.41) is 4.34. The van der Waals surface area contributed by atoms with Crippen molar-refractivity contribution in [3.63, 3.8) is 0 Å². The van der Waals surface area contributed by atoms with E-state index in [-0.39, 0.29) is 23.4 Å². The van der Waals surface area contributed by atoms with E-state index in [9.17, 15) is 9.59 Å². The van der Waals surface area contributed by atoms with E-state index in [2.05, 4.69) is 10.3 Å². The van der Waals surface area contributed by atoms with Gasteiger partial charge < -0.3 is 10.3 Å². The van der Waals surface area contributed by atoms with Crippen LogP contribution in [-0.2, 0) is 16.0 Å². The van der Waals surface area contributed by atoms with Gasteiger partial charge in [-0.3, -0.25) is 9.59 Å². The SMILES string of the molecule is CC[C@H](C)[C@H](NC(=O)Cc1c[nH]c2cccc(Cl)c12)C(=O)SC. The number of nitrogens with one attached hydrogen (secondary N) is 2. The smallest absolute Gasteiger partial charge is 0.225 e. The highest BCUT2D eigenvalue weighted by Gasteiger charge is 2.25. The minimum Gasteiger partial charge on any atom is -0.361 e. The van der Waals surface area contributed by atoms with Gasteiger partial charge in [0, 0.05) is 17.1 Å². The number of halogens is 1. The van der Waals surface area contributed by atoms with Crippen molar-refractivity contribution in [2.24, 2.45) is 5.92 Å². The number of benzene rings is 1. The zero-order valence-corrected chi connectivity index (χ0v) is 15.1. The molecule has 0 saturated heterocycles. The van der Waals surface area contributed by atoms with Crippen molar-refractivity contribution in [3.8, 4) is 0 Å². The van der Waals surface area contributed by atoms with Crippen LogP contribution >= 0.6 is 23.4 Å². The standard InChI is InChI=1S/C17H21ClN2O2S/c1-4-10(2)16(17(22)23-3)20-14(21)8-11-9-19-13-7-5-6-12(18)15(11)13/h5-7,9-10,16,19H,4,8H2,1-3H3,(H,20,21)/t10-,16-/m0/s1. The van der Waals surface area contributed by atoms with Gasteiger partial charge in [0.1, 0.15) is 6.04 Å². The molecule has 0 aliphatic carbocycles. The predicted octanol–water partition coefficient (Wildman–Crippen LogP) is 3.78. The van der Waals surface area contributed by atoms with E-state index in [1.807, 2.05) is 26.0 Å². The Kier molecular flexibility index (Phi) is 6.13. The van der Waals surface area contributed by atoms with Crippen molar-refractivity contribution < 1.29 is 9.59 Å². The van der Waals surface area contributed by atoms with Crippen LogP contribution in [0.4, 0.5) is 0 Å². The summed E-state index contributed by atoms with van der Waals surface area (Å²) >= 11 is 7.38. The van der Waals surface area contributed by atoms with Crippen LogP contribution in [0.5, 0.6) is 0 Å². The number of rotatable bonds is 6. The molecular weight excluding hydrogens is 332 g/mol. The fourth-order valence-electron chi connectivity index (χ4n) is 2.54. The molecule has 0 radical (unpaired) electrons. The first-order valence-electron chi connectivity index (χ1n) is 7.59. The van der Waals surface area contributed by atoms with Crippen LogP contribution in [0.15, 0.2) is 24.4 Å². The average molecular weight is 353 g/mol. The summed E-state index contributed by atoms with van der Waals surface area (Å²) in [5.74, 6) is -0.0658. The molecular formula is C17H21ClN2O2S. The number of aromatic amines is 1. The number of carbonyl (C=O) groups excluding carboxylic acids is 2. The van der Waals surface area contributed by atoms with Crippen molar-refractivity contribution in [1.29, 1.82) is 0 Å². The van der Waals surface area contributed by atoms with Gasteiger partial charge in [-0.15, -0.1) is 0 Å². The van der Waals surface area contributed by atoms with Crippen molar-refractivity contribution in [3.05, 3.63) is 35.0 Å². The number of amides is 1. The predicted molar refractivity (Wildman–Crippen MR) is 96.9 cm³/mol. The maximum Gasteiger partial charge on any atom is 0.225 e. The first-order chi connectivity index (χ1) is 11.0. The summed E-state index contributed by atoms with van der Waals surface area (Å²) < 4.78 is 0. The fraction of sp³-hybridized carbons (Fsp3) is 0.412. The van der Waals surface area contributed by atoms with Crippen LogP contribution in [0, 0.1) is 5.92 Å². The van der Waals surface area contributed by atoms with Crippen molar-refractivity contribution in [1.82, 2.24) is 10.3 Å². The largest absolute Gasteiger partial charge is 0.361 e. The second-order valence-corrected chi connectivity index (χ2v) is 6.82. The molecule has 2 atom stereocenters. The Balaban J connectivity index is 2.15. The van der Waals surface area contributed by atoms with E-state index in [0.29, 0.717) is 5.02 Å². The highest BCUT2D eigenvalue weighted by Crippen LogP contribution is 2.27. The number of hydrogen-bond donors (Lipinski definition) is 2. The van der Waals surface area contributed by atoms with E-state index >= 15 is 0 Å². The third-order valence-corrected chi connectivity index (χ3v) is 5.04. The fourth-order valence-corrected chi connectivity index (χ4v) is 3.38.